The molecule has 0 spiro atoms. The maximum absolute atomic E-state index is 9.21. The van der Waals surface area contributed by atoms with Gasteiger partial charge in [-0.1, -0.05) is 36.2 Å². The molecule has 18 heavy (non-hydrogen) atoms. The van der Waals surface area contributed by atoms with Crippen molar-refractivity contribution in [1.29, 1.82) is 5.26 Å². The van der Waals surface area contributed by atoms with Crippen LogP contribution in [0.2, 0.25) is 10.0 Å². The number of hydrogen-bond acceptors (Lipinski definition) is 3. The lowest BCUT2D eigenvalue weighted by Crippen LogP contribution is -1.87. The Balaban J connectivity index is 2.69. The molecule has 5 heteroatoms. The average Bonchev–Trinajstić information content (AvgIpc) is 2.68. The van der Waals surface area contributed by atoms with E-state index in [-0.39, 0.29) is 0 Å². The fourth-order valence-corrected chi connectivity index (χ4v) is 3.09. The molecule has 0 saturated heterocycles. The minimum Gasteiger partial charge on any atom is -0.389 e. The maximum atomic E-state index is 9.21. The number of aryl methyl sites for hydroxylation is 1. The molecule has 1 aromatic carbocycles. The van der Waals surface area contributed by atoms with Crippen LogP contribution in [0.3, 0.4) is 0 Å². The second-order valence-corrected chi connectivity index (χ2v) is 5.68. The largest absolute Gasteiger partial charge is 0.389 e. The molecule has 0 aliphatic carbocycles. The van der Waals surface area contributed by atoms with Gasteiger partial charge >= 0.3 is 0 Å². The molecule has 0 unspecified atom stereocenters. The van der Waals surface area contributed by atoms with Crippen LogP contribution in [0.4, 0.5) is 5.00 Å². The highest BCUT2D eigenvalue weighted by Crippen LogP contribution is 2.40. The van der Waals surface area contributed by atoms with Crippen LogP contribution in [0.1, 0.15) is 17.4 Å². The molecule has 2 aromatic rings. The van der Waals surface area contributed by atoms with Crippen molar-refractivity contribution in [2.75, 3.05) is 5.73 Å². The topological polar surface area (TPSA) is 49.8 Å². The van der Waals surface area contributed by atoms with Crippen molar-refractivity contribution in [3.8, 4) is 17.2 Å². The van der Waals surface area contributed by atoms with Crippen molar-refractivity contribution in [2.45, 2.75) is 13.3 Å². The molecular weight excluding hydrogens is 287 g/mol. The van der Waals surface area contributed by atoms with Crippen LogP contribution in [0.5, 0.6) is 0 Å². The van der Waals surface area contributed by atoms with Gasteiger partial charge in [-0.15, -0.1) is 11.3 Å². The van der Waals surface area contributed by atoms with Crippen molar-refractivity contribution in [3.63, 3.8) is 0 Å². The molecule has 2 nitrogen and oxygen atoms in total. The molecule has 92 valence electrons. The van der Waals surface area contributed by atoms with Crippen LogP contribution < -0.4 is 5.73 Å². The number of hydrogen-bond donors (Lipinski definition) is 1. The first kappa shape index (κ1) is 13.2. The van der Waals surface area contributed by atoms with Crippen molar-refractivity contribution in [3.05, 3.63) is 38.7 Å². The molecule has 0 amide bonds. The lowest BCUT2D eigenvalue weighted by molar-refractivity contribution is 1.19. The number of anilines is 1. The summed E-state index contributed by atoms with van der Waals surface area (Å²) in [7, 11) is 0. The number of rotatable bonds is 2. The Bertz CT molecular complexity index is 641. The van der Waals surface area contributed by atoms with Gasteiger partial charge in [0.2, 0.25) is 0 Å². The number of nitrogen functional groups attached to an aromatic ring is 1. The molecular formula is C13H10Cl2N2S. The Morgan fingerprint density at radius 3 is 2.61 bits per heavy atom. The summed E-state index contributed by atoms with van der Waals surface area (Å²) in [6.07, 6.45) is 0.826. The molecule has 0 aliphatic heterocycles. The van der Waals surface area contributed by atoms with E-state index in [0.717, 1.165) is 22.4 Å². The number of nitriles is 1. The van der Waals surface area contributed by atoms with Gasteiger partial charge in [0.25, 0.3) is 0 Å². The summed E-state index contributed by atoms with van der Waals surface area (Å²) >= 11 is 13.4. The minimum atomic E-state index is 0.477. The van der Waals surface area contributed by atoms with Gasteiger partial charge in [0.15, 0.2) is 0 Å². The van der Waals surface area contributed by atoms with Gasteiger partial charge in [0, 0.05) is 10.4 Å². The molecule has 2 rings (SSSR count). The van der Waals surface area contributed by atoms with Crippen LogP contribution in [0.25, 0.3) is 11.1 Å². The normalized spacial score (nSPS) is 10.3. The summed E-state index contributed by atoms with van der Waals surface area (Å²) in [5.41, 5.74) is 8.15. The van der Waals surface area contributed by atoms with E-state index in [1.165, 1.54) is 11.3 Å². The molecule has 0 bridgehead atoms. The standard InChI is InChI=1S/C13H10Cl2N2S/c1-2-11-12(8(6-16)13(17)18-11)7-3-4-9(14)10(15)5-7/h3-5H,2,17H2,1H3. The second-order valence-electron chi connectivity index (χ2n) is 3.73. The fraction of sp³-hybridized carbons (Fsp3) is 0.154. The zero-order valence-corrected chi connectivity index (χ0v) is 12.0. The SMILES string of the molecule is CCc1sc(N)c(C#N)c1-c1ccc(Cl)c(Cl)c1. The van der Waals surface area contributed by atoms with Gasteiger partial charge in [-0.2, -0.15) is 5.26 Å². The summed E-state index contributed by atoms with van der Waals surface area (Å²) < 4.78 is 0. The molecule has 1 aromatic heterocycles. The Labute approximate surface area is 120 Å². The lowest BCUT2D eigenvalue weighted by Gasteiger charge is -2.05. The molecule has 0 aliphatic rings. The number of nitrogens with two attached hydrogens (primary N) is 1. The summed E-state index contributed by atoms with van der Waals surface area (Å²) in [5.74, 6) is 0. The van der Waals surface area contributed by atoms with E-state index in [1.54, 1.807) is 12.1 Å². The van der Waals surface area contributed by atoms with E-state index < -0.39 is 0 Å². The smallest absolute Gasteiger partial charge is 0.105 e. The van der Waals surface area contributed by atoms with Gasteiger partial charge in [-0.3, -0.25) is 0 Å². The van der Waals surface area contributed by atoms with E-state index in [9.17, 15) is 5.26 Å². The predicted molar refractivity (Wildman–Crippen MR) is 78.3 cm³/mol. The molecule has 0 radical (unpaired) electrons. The van der Waals surface area contributed by atoms with E-state index in [1.807, 2.05) is 13.0 Å². The molecule has 0 atom stereocenters. The van der Waals surface area contributed by atoms with Gasteiger partial charge in [-0.05, 0) is 24.1 Å². The van der Waals surface area contributed by atoms with Crippen LogP contribution in [-0.4, -0.2) is 0 Å². The Hall–Kier alpha value is -1.21. The Morgan fingerprint density at radius 2 is 2.06 bits per heavy atom. The molecule has 0 fully saturated rings. The van der Waals surface area contributed by atoms with Gasteiger partial charge in [-0.25, -0.2) is 0 Å². The lowest BCUT2D eigenvalue weighted by atomic mass is 10.0. The number of halogens is 2. The van der Waals surface area contributed by atoms with Crippen molar-refractivity contribution in [2.24, 2.45) is 0 Å². The van der Waals surface area contributed by atoms with Crippen LogP contribution in [0.15, 0.2) is 18.2 Å². The molecule has 1 heterocycles. The predicted octanol–water partition coefficient (Wildman–Crippen LogP) is 4.74. The fourth-order valence-electron chi connectivity index (χ4n) is 1.81. The van der Waals surface area contributed by atoms with E-state index in [4.69, 9.17) is 28.9 Å². The third-order valence-electron chi connectivity index (χ3n) is 2.65. The minimum absolute atomic E-state index is 0.477. The number of thiophene rings is 1. The van der Waals surface area contributed by atoms with Crippen LogP contribution in [0, 0.1) is 11.3 Å². The zero-order valence-electron chi connectivity index (χ0n) is 9.63. The van der Waals surface area contributed by atoms with E-state index in [2.05, 4.69) is 6.07 Å². The van der Waals surface area contributed by atoms with Crippen molar-refractivity contribution in [1.82, 2.24) is 0 Å². The number of nitrogens with zero attached hydrogens (tertiary/aromatic N) is 1. The average molecular weight is 297 g/mol. The van der Waals surface area contributed by atoms with Crippen LogP contribution in [-0.2, 0) is 6.42 Å². The zero-order chi connectivity index (χ0) is 13.3. The Kier molecular flexibility index (Phi) is 3.82. The highest BCUT2D eigenvalue weighted by molar-refractivity contribution is 7.16. The third-order valence-corrected chi connectivity index (χ3v) is 4.55. The first-order chi connectivity index (χ1) is 8.58. The van der Waals surface area contributed by atoms with E-state index >= 15 is 0 Å². The third kappa shape index (κ3) is 2.20. The summed E-state index contributed by atoms with van der Waals surface area (Å²) in [6, 6.07) is 7.52. The molecule has 2 N–H and O–H groups in total. The van der Waals surface area contributed by atoms with Crippen molar-refractivity contribution >= 4 is 39.5 Å². The summed E-state index contributed by atoms with van der Waals surface area (Å²) in [5, 5.41) is 10.7. The first-order valence-electron chi connectivity index (χ1n) is 5.35. The number of benzene rings is 1. The summed E-state index contributed by atoms with van der Waals surface area (Å²) in [6.45, 7) is 2.04. The highest BCUT2D eigenvalue weighted by atomic mass is 35.5. The van der Waals surface area contributed by atoms with E-state index in [0.29, 0.717) is 20.6 Å². The second kappa shape index (κ2) is 5.19. The maximum Gasteiger partial charge on any atom is 0.105 e. The van der Waals surface area contributed by atoms with Crippen molar-refractivity contribution < 1.29 is 0 Å². The van der Waals surface area contributed by atoms with Gasteiger partial charge < -0.3 is 5.73 Å². The monoisotopic (exact) mass is 296 g/mol. The first-order valence-corrected chi connectivity index (χ1v) is 6.92. The highest BCUT2D eigenvalue weighted by Gasteiger charge is 2.17. The Morgan fingerprint density at radius 1 is 1.33 bits per heavy atom. The van der Waals surface area contributed by atoms with Gasteiger partial charge in [0.1, 0.15) is 11.1 Å². The summed E-state index contributed by atoms with van der Waals surface area (Å²) in [4.78, 5) is 1.09. The quantitative estimate of drug-likeness (QED) is 0.870. The molecule has 0 saturated carbocycles. The van der Waals surface area contributed by atoms with Gasteiger partial charge in [0.05, 0.1) is 15.6 Å². The van der Waals surface area contributed by atoms with Crippen LogP contribution >= 0.6 is 34.5 Å².